The monoisotopic (exact) mass is 358 g/mol. The van der Waals surface area contributed by atoms with Gasteiger partial charge in [-0.2, -0.15) is 0 Å². The maximum Gasteiger partial charge on any atom is 0.243 e. The van der Waals surface area contributed by atoms with Crippen LogP contribution in [0.2, 0.25) is 0 Å². The highest BCUT2D eigenvalue weighted by molar-refractivity contribution is 9.10. The molecular formula is C13H12BrFN2O2S. The van der Waals surface area contributed by atoms with Gasteiger partial charge in [0.25, 0.3) is 0 Å². The molecule has 0 fully saturated rings. The lowest BCUT2D eigenvalue weighted by atomic mass is 10.2. The van der Waals surface area contributed by atoms with Crippen LogP contribution in [0.25, 0.3) is 0 Å². The first-order chi connectivity index (χ1) is 9.38. The van der Waals surface area contributed by atoms with Crippen LogP contribution >= 0.6 is 15.9 Å². The van der Waals surface area contributed by atoms with E-state index < -0.39 is 15.8 Å². The molecule has 2 rings (SSSR count). The fourth-order valence-electron chi connectivity index (χ4n) is 1.58. The molecule has 0 aliphatic carbocycles. The zero-order valence-corrected chi connectivity index (χ0v) is 12.7. The summed E-state index contributed by atoms with van der Waals surface area (Å²) in [7, 11) is -3.89. The quantitative estimate of drug-likeness (QED) is 0.825. The minimum atomic E-state index is -3.89. The number of nitrogen functional groups attached to an aromatic ring is 1. The summed E-state index contributed by atoms with van der Waals surface area (Å²) in [5, 5.41) is 0. The Morgan fingerprint density at radius 1 is 1.15 bits per heavy atom. The number of rotatable bonds is 4. The molecule has 0 unspecified atom stereocenters. The molecule has 20 heavy (non-hydrogen) atoms. The predicted molar refractivity (Wildman–Crippen MR) is 79.0 cm³/mol. The molecule has 106 valence electrons. The summed E-state index contributed by atoms with van der Waals surface area (Å²) in [5.74, 6) is -0.802. The van der Waals surface area contributed by atoms with Gasteiger partial charge in [0.05, 0.1) is 0 Å². The molecule has 0 saturated heterocycles. The fourth-order valence-corrected chi connectivity index (χ4v) is 2.99. The Morgan fingerprint density at radius 3 is 2.40 bits per heavy atom. The number of sulfonamides is 1. The van der Waals surface area contributed by atoms with Crippen molar-refractivity contribution >= 4 is 31.6 Å². The van der Waals surface area contributed by atoms with Crippen LogP contribution in [-0.2, 0) is 16.6 Å². The third-order valence-electron chi connectivity index (χ3n) is 2.63. The largest absolute Gasteiger partial charge is 0.399 e. The van der Waals surface area contributed by atoms with Crippen LogP contribution in [0.3, 0.4) is 0 Å². The minimum absolute atomic E-state index is 0.0676. The van der Waals surface area contributed by atoms with Crippen molar-refractivity contribution in [1.82, 2.24) is 4.72 Å². The molecule has 0 bridgehead atoms. The standard InChI is InChI=1S/C13H12BrFN2O2S/c14-10-3-6-13(12(15)7-10)20(18,19)17-8-9-1-4-11(16)5-2-9/h1-7,17H,8,16H2. The first-order valence-electron chi connectivity index (χ1n) is 5.67. The van der Waals surface area contributed by atoms with Crippen LogP contribution in [0, 0.1) is 5.82 Å². The highest BCUT2D eigenvalue weighted by Crippen LogP contribution is 2.19. The van der Waals surface area contributed by atoms with E-state index in [9.17, 15) is 12.8 Å². The van der Waals surface area contributed by atoms with Crippen molar-refractivity contribution in [3.05, 3.63) is 58.3 Å². The average molecular weight is 359 g/mol. The molecular weight excluding hydrogens is 347 g/mol. The Bertz CT molecular complexity index is 718. The van der Waals surface area contributed by atoms with E-state index in [-0.39, 0.29) is 11.4 Å². The summed E-state index contributed by atoms with van der Waals surface area (Å²) < 4.78 is 40.5. The van der Waals surface area contributed by atoms with Crippen LogP contribution in [-0.4, -0.2) is 8.42 Å². The number of halogens is 2. The Balaban J connectivity index is 2.17. The normalized spacial score (nSPS) is 11.5. The summed E-state index contributed by atoms with van der Waals surface area (Å²) in [6.07, 6.45) is 0. The second-order valence-electron chi connectivity index (χ2n) is 4.14. The van der Waals surface area contributed by atoms with Crippen LogP contribution in [0.15, 0.2) is 51.8 Å². The third kappa shape index (κ3) is 3.56. The van der Waals surface area contributed by atoms with E-state index >= 15 is 0 Å². The van der Waals surface area contributed by atoms with Crippen molar-refractivity contribution in [2.24, 2.45) is 0 Å². The molecule has 2 aromatic rings. The van der Waals surface area contributed by atoms with Gasteiger partial charge >= 0.3 is 0 Å². The van der Waals surface area contributed by atoms with Crippen LogP contribution < -0.4 is 10.5 Å². The molecule has 7 heteroatoms. The molecule has 0 spiro atoms. The topological polar surface area (TPSA) is 72.2 Å². The third-order valence-corrected chi connectivity index (χ3v) is 4.56. The number of anilines is 1. The Labute approximate surface area is 125 Å². The Hall–Kier alpha value is -1.44. The number of hydrogen-bond acceptors (Lipinski definition) is 3. The fraction of sp³-hybridized carbons (Fsp3) is 0.0769. The van der Waals surface area contributed by atoms with Gasteiger partial charge in [0.15, 0.2) is 0 Å². The van der Waals surface area contributed by atoms with Gasteiger partial charge in [0.2, 0.25) is 10.0 Å². The van der Waals surface area contributed by atoms with E-state index in [1.807, 2.05) is 0 Å². The van der Waals surface area contributed by atoms with E-state index in [1.165, 1.54) is 12.1 Å². The SMILES string of the molecule is Nc1ccc(CNS(=O)(=O)c2ccc(Br)cc2F)cc1. The zero-order chi connectivity index (χ0) is 14.8. The van der Waals surface area contributed by atoms with Gasteiger partial charge in [0, 0.05) is 16.7 Å². The van der Waals surface area contributed by atoms with Crippen LogP contribution in [0.1, 0.15) is 5.56 Å². The van der Waals surface area contributed by atoms with Crippen molar-refractivity contribution in [2.75, 3.05) is 5.73 Å². The van der Waals surface area contributed by atoms with E-state index in [0.29, 0.717) is 10.2 Å². The highest BCUT2D eigenvalue weighted by atomic mass is 79.9. The van der Waals surface area contributed by atoms with Crippen LogP contribution in [0.4, 0.5) is 10.1 Å². The number of benzene rings is 2. The average Bonchev–Trinajstić information content (AvgIpc) is 2.37. The van der Waals surface area contributed by atoms with Gasteiger partial charge in [0.1, 0.15) is 10.7 Å². The highest BCUT2D eigenvalue weighted by Gasteiger charge is 2.18. The van der Waals surface area contributed by atoms with E-state index in [0.717, 1.165) is 11.6 Å². The van der Waals surface area contributed by atoms with E-state index in [4.69, 9.17) is 5.73 Å². The molecule has 0 aromatic heterocycles. The van der Waals surface area contributed by atoms with Crippen molar-refractivity contribution in [3.8, 4) is 0 Å². The summed E-state index contributed by atoms with van der Waals surface area (Å²) in [4.78, 5) is -0.379. The number of nitrogens with two attached hydrogens (primary N) is 1. The van der Waals surface area contributed by atoms with Gasteiger partial charge in [-0.15, -0.1) is 0 Å². The van der Waals surface area contributed by atoms with Gasteiger partial charge in [-0.3, -0.25) is 0 Å². The van der Waals surface area contributed by atoms with E-state index in [1.54, 1.807) is 24.3 Å². The first-order valence-corrected chi connectivity index (χ1v) is 7.95. The smallest absolute Gasteiger partial charge is 0.243 e. The molecule has 0 saturated carbocycles. The summed E-state index contributed by atoms with van der Waals surface area (Å²) in [5.41, 5.74) is 6.87. The molecule has 0 amide bonds. The molecule has 0 heterocycles. The predicted octanol–water partition coefficient (Wildman–Crippen LogP) is 2.65. The van der Waals surface area contributed by atoms with Crippen molar-refractivity contribution < 1.29 is 12.8 Å². The maximum atomic E-state index is 13.7. The molecule has 4 nitrogen and oxygen atoms in total. The van der Waals surface area contributed by atoms with Gasteiger partial charge < -0.3 is 5.73 Å². The number of nitrogens with one attached hydrogen (secondary N) is 1. The lowest BCUT2D eigenvalue weighted by Gasteiger charge is -2.08. The van der Waals surface area contributed by atoms with E-state index in [2.05, 4.69) is 20.7 Å². The molecule has 0 aliphatic rings. The van der Waals surface area contributed by atoms with Crippen molar-refractivity contribution in [3.63, 3.8) is 0 Å². The Kier molecular flexibility index (Phi) is 4.42. The molecule has 3 N–H and O–H groups in total. The minimum Gasteiger partial charge on any atom is -0.399 e. The van der Waals surface area contributed by atoms with Crippen molar-refractivity contribution in [1.29, 1.82) is 0 Å². The van der Waals surface area contributed by atoms with Crippen LogP contribution in [0.5, 0.6) is 0 Å². The van der Waals surface area contributed by atoms with Gasteiger partial charge in [-0.1, -0.05) is 28.1 Å². The molecule has 0 radical (unpaired) electrons. The summed E-state index contributed by atoms with van der Waals surface area (Å²) in [6, 6.07) is 10.5. The first kappa shape index (κ1) is 15.0. The van der Waals surface area contributed by atoms with Crippen molar-refractivity contribution in [2.45, 2.75) is 11.4 Å². The second-order valence-corrected chi connectivity index (χ2v) is 6.79. The van der Waals surface area contributed by atoms with Gasteiger partial charge in [-0.25, -0.2) is 17.5 Å². The summed E-state index contributed by atoms with van der Waals surface area (Å²) in [6.45, 7) is 0.0676. The lowest BCUT2D eigenvalue weighted by Crippen LogP contribution is -2.24. The molecule has 0 aliphatic heterocycles. The molecule has 0 atom stereocenters. The molecule has 2 aromatic carbocycles. The second kappa shape index (κ2) is 5.90. The number of hydrogen-bond donors (Lipinski definition) is 2. The zero-order valence-electron chi connectivity index (χ0n) is 10.3. The Morgan fingerprint density at radius 2 is 1.80 bits per heavy atom. The maximum absolute atomic E-state index is 13.7. The lowest BCUT2D eigenvalue weighted by molar-refractivity contribution is 0.556. The summed E-state index contributed by atoms with van der Waals surface area (Å²) >= 11 is 3.08. The van der Waals surface area contributed by atoms with Gasteiger partial charge in [-0.05, 0) is 35.9 Å².